The number of para-hydroxylation sites is 1. The van der Waals surface area contributed by atoms with Gasteiger partial charge in [0.25, 0.3) is 10.0 Å². The molecule has 7 nitrogen and oxygen atoms in total. The number of hydrogen-bond acceptors (Lipinski definition) is 4. The minimum atomic E-state index is -4.06. The molecule has 3 aromatic carbocycles. The van der Waals surface area contributed by atoms with Crippen molar-refractivity contribution < 1.29 is 18.0 Å². The minimum Gasteiger partial charge on any atom is -0.352 e. The maximum atomic E-state index is 13.9. The molecule has 3 rings (SSSR count). The molecular weight excluding hydrogens is 498 g/mol. The van der Waals surface area contributed by atoms with E-state index in [1.807, 2.05) is 52.0 Å². The zero-order valence-corrected chi connectivity index (χ0v) is 23.5. The Morgan fingerprint density at radius 2 is 1.39 bits per heavy atom. The lowest BCUT2D eigenvalue weighted by molar-refractivity contribution is -0.139. The van der Waals surface area contributed by atoms with Crippen molar-refractivity contribution in [2.24, 2.45) is 0 Å². The largest absolute Gasteiger partial charge is 0.352 e. The van der Waals surface area contributed by atoms with Crippen molar-refractivity contribution in [3.05, 3.63) is 95.6 Å². The Kier molecular flexibility index (Phi) is 9.69. The highest BCUT2D eigenvalue weighted by atomic mass is 32.2. The number of nitrogens with one attached hydrogen (secondary N) is 1. The molecule has 0 aliphatic heterocycles. The van der Waals surface area contributed by atoms with Gasteiger partial charge in [-0.2, -0.15) is 0 Å². The number of rotatable bonds is 11. The summed E-state index contributed by atoms with van der Waals surface area (Å²) < 4.78 is 28.6. The van der Waals surface area contributed by atoms with Crippen molar-refractivity contribution in [2.45, 2.75) is 64.6 Å². The highest BCUT2D eigenvalue weighted by Gasteiger charge is 2.32. The van der Waals surface area contributed by atoms with Gasteiger partial charge in [-0.3, -0.25) is 13.9 Å². The molecule has 0 saturated carbocycles. The molecule has 2 atom stereocenters. The van der Waals surface area contributed by atoms with Crippen LogP contribution in [-0.2, 0) is 26.2 Å². The molecule has 3 aromatic rings. The minimum absolute atomic E-state index is 0.0518. The zero-order valence-electron chi connectivity index (χ0n) is 22.7. The first-order chi connectivity index (χ1) is 18.0. The van der Waals surface area contributed by atoms with E-state index in [9.17, 15) is 18.0 Å². The second kappa shape index (κ2) is 12.7. The molecule has 0 unspecified atom stereocenters. The monoisotopic (exact) mass is 535 g/mol. The van der Waals surface area contributed by atoms with E-state index >= 15 is 0 Å². The number of benzene rings is 3. The Hall–Kier alpha value is -3.65. The van der Waals surface area contributed by atoms with Crippen LogP contribution in [0.3, 0.4) is 0 Å². The maximum Gasteiger partial charge on any atom is 0.264 e. The van der Waals surface area contributed by atoms with Crippen molar-refractivity contribution in [1.29, 1.82) is 0 Å². The van der Waals surface area contributed by atoms with Gasteiger partial charge in [0.15, 0.2) is 0 Å². The third-order valence-electron chi connectivity index (χ3n) is 6.57. The van der Waals surface area contributed by atoms with Crippen LogP contribution in [0.4, 0.5) is 5.69 Å². The lowest BCUT2D eigenvalue weighted by Crippen LogP contribution is -2.52. The molecule has 0 aliphatic carbocycles. The number of carbonyl (C=O) groups excluding carboxylic acids is 2. The fourth-order valence-electron chi connectivity index (χ4n) is 3.90. The van der Waals surface area contributed by atoms with Crippen LogP contribution in [0.2, 0.25) is 0 Å². The van der Waals surface area contributed by atoms with E-state index in [4.69, 9.17) is 0 Å². The number of nitrogens with zero attached hydrogens (tertiary/aromatic N) is 2. The van der Waals surface area contributed by atoms with Crippen LogP contribution in [0, 0.1) is 13.8 Å². The van der Waals surface area contributed by atoms with E-state index in [1.54, 1.807) is 49.4 Å². The van der Waals surface area contributed by atoms with Crippen molar-refractivity contribution in [3.8, 4) is 0 Å². The molecule has 0 aromatic heterocycles. The summed E-state index contributed by atoms with van der Waals surface area (Å²) >= 11 is 0. The van der Waals surface area contributed by atoms with Gasteiger partial charge in [-0.25, -0.2) is 8.42 Å². The van der Waals surface area contributed by atoms with E-state index in [-0.39, 0.29) is 23.4 Å². The fourth-order valence-corrected chi connectivity index (χ4v) is 5.31. The Morgan fingerprint density at radius 1 is 0.842 bits per heavy atom. The van der Waals surface area contributed by atoms with Gasteiger partial charge in [0.2, 0.25) is 11.8 Å². The summed E-state index contributed by atoms with van der Waals surface area (Å²) in [6.07, 6.45) is 0.751. The molecule has 0 saturated heterocycles. The van der Waals surface area contributed by atoms with Crippen molar-refractivity contribution in [1.82, 2.24) is 10.2 Å². The molecule has 8 heteroatoms. The lowest BCUT2D eigenvalue weighted by atomic mass is 10.1. The number of anilines is 1. The van der Waals surface area contributed by atoms with Crippen LogP contribution in [0.15, 0.2) is 83.8 Å². The maximum absolute atomic E-state index is 13.9. The van der Waals surface area contributed by atoms with Gasteiger partial charge in [0.05, 0.1) is 10.6 Å². The highest BCUT2D eigenvalue weighted by Crippen LogP contribution is 2.24. The molecule has 0 heterocycles. The summed E-state index contributed by atoms with van der Waals surface area (Å²) in [5, 5.41) is 2.94. The Morgan fingerprint density at radius 3 is 1.95 bits per heavy atom. The summed E-state index contributed by atoms with van der Waals surface area (Å²) in [6, 6.07) is 21.9. The first kappa shape index (κ1) is 28.9. The van der Waals surface area contributed by atoms with Crippen molar-refractivity contribution in [2.75, 3.05) is 10.8 Å². The third kappa shape index (κ3) is 7.22. The SMILES string of the molecule is CC[C@@H](C)NC(=O)[C@@H](C)N(Cc1ccc(C)cc1)C(=O)CN(c1ccccc1)S(=O)(=O)c1ccc(C)cc1. The average Bonchev–Trinajstić information content (AvgIpc) is 2.91. The van der Waals surface area contributed by atoms with Crippen LogP contribution < -0.4 is 9.62 Å². The van der Waals surface area contributed by atoms with Gasteiger partial charge in [-0.1, -0.05) is 72.6 Å². The molecule has 2 amide bonds. The average molecular weight is 536 g/mol. The molecular formula is C30H37N3O4S. The van der Waals surface area contributed by atoms with Crippen LogP contribution in [0.1, 0.15) is 43.9 Å². The number of aryl methyl sites for hydroxylation is 2. The molecule has 0 spiro atoms. The first-order valence-electron chi connectivity index (χ1n) is 12.8. The summed E-state index contributed by atoms with van der Waals surface area (Å²) in [6.45, 7) is 9.12. The summed E-state index contributed by atoms with van der Waals surface area (Å²) in [5.41, 5.74) is 3.22. The zero-order chi connectivity index (χ0) is 27.9. The van der Waals surface area contributed by atoms with E-state index in [2.05, 4.69) is 5.32 Å². The predicted octanol–water partition coefficient (Wildman–Crippen LogP) is 4.83. The topological polar surface area (TPSA) is 86.8 Å². The molecule has 38 heavy (non-hydrogen) atoms. The number of hydrogen-bond donors (Lipinski definition) is 1. The Balaban J connectivity index is 1.99. The normalized spacial score (nSPS) is 12.9. The summed E-state index contributed by atoms with van der Waals surface area (Å²) in [7, 11) is -4.06. The molecule has 1 N–H and O–H groups in total. The molecule has 202 valence electrons. The third-order valence-corrected chi connectivity index (χ3v) is 8.36. The second-order valence-electron chi connectivity index (χ2n) is 9.66. The quantitative estimate of drug-likeness (QED) is 0.381. The molecule has 0 fully saturated rings. The highest BCUT2D eigenvalue weighted by molar-refractivity contribution is 7.92. The van der Waals surface area contributed by atoms with Crippen LogP contribution in [0.25, 0.3) is 0 Å². The number of carbonyl (C=O) groups is 2. The van der Waals surface area contributed by atoms with Gasteiger partial charge in [0, 0.05) is 12.6 Å². The van der Waals surface area contributed by atoms with Crippen LogP contribution in [0.5, 0.6) is 0 Å². The van der Waals surface area contributed by atoms with Crippen molar-refractivity contribution in [3.63, 3.8) is 0 Å². The van der Waals surface area contributed by atoms with E-state index in [0.717, 1.165) is 27.4 Å². The smallest absolute Gasteiger partial charge is 0.264 e. The van der Waals surface area contributed by atoms with Gasteiger partial charge < -0.3 is 10.2 Å². The van der Waals surface area contributed by atoms with Crippen molar-refractivity contribution >= 4 is 27.5 Å². The number of amides is 2. The Bertz CT molecular complexity index is 1320. The number of sulfonamides is 1. The predicted molar refractivity (Wildman–Crippen MR) is 151 cm³/mol. The fraction of sp³-hybridized carbons (Fsp3) is 0.333. The van der Waals surface area contributed by atoms with E-state index < -0.39 is 28.5 Å². The molecule has 0 bridgehead atoms. The summed E-state index contributed by atoms with van der Waals surface area (Å²) in [5.74, 6) is -0.760. The standard InChI is InChI=1S/C30H37N3O4S/c1-6-24(4)31-30(35)25(5)32(20-26-16-12-22(2)13-17-26)29(34)21-33(27-10-8-7-9-11-27)38(36,37)28-18-14-23(3)15-19-28/h7-19,24-25H,6,20-21H2,1-5H3,(H,31,35)/t24-,25-/m1/s1. The van der Waals surface area contributed by atoms with Gasteiger partial charge in [0.1, 0.15) is 12.6 Å². The van der Waals surface area contributed by atoms with E-state index in [0.29, 0.717) is 5.69 Å². The van der Waals surface area contributed by atoms with Gasteiger partial charge in [-0.05, 0) is 63.9 Å². The molecule has 0 aliphatic rings. The Labute approximate surface area is 226 Å². The second-order valence-corrected chi connectivity index (χ2v) is 11.5. The summed E-state index contributed by atoms with van der Waals surface area (Å²) in [4.78, 5) is 28.5. The molecule has 0 radical (unpaired) electrons. The van der Waals surface area contributed by atoms with Crippen LogP contribution >= 0.6 is 0 Å². The first-order valence-corrected chi connectivity index (χ1v) is 14.3. The van der Waals surface area contributed by atoms with Crippen LogP contribution in [-0.4, -0.2) is 43.8 Å². The lowest BCUT2D eigenvalue weighted by Gasteiger charge is -2.32. The van der Waals surface area contributed by atoms with Gasteiger partial charge >= 0.3 is 0 Å². The van der Waals surface area contributed by atoms with E-state index in [1.165, 1.54) is 17.0 Å². The van der Waals surface area contributed by atoms with Gasteiger partial charge in [-0.15, -0.1) is 0 Å².